The summed E-state index contributed by atoms with van der Waals surface area (Å²) in [6.07, 6.45) is 0.935. The molecule has 0 aliphatic carbocycles. The van der Waals surface area contributed by atoms with Crippen LogP contribution in [0.2, 0.25) is 0 Å². The van der Waals surface area contributed by atoms with Crippen LogP contribution in [0.25, 0.3) is 10.8 Å². The first-order valence-electron chi connectivity index (χ1n) is 16.3. The highest BCUT2D eigenvalue weighted by molar-refractivity contribution is 5.98. The quantitative estimate of drug-likeness (QED) is 0.142. The molecule has 5 aromatic carbocycles. The Morgan fingerprint density at radius 1 is 0.694 bits per heavy atom. The Labute approximate surface area is 286 Å². The van der Waals surface area contributed by atoms with Crippen LogP contribution in [0.15, 0.2) is 111 Å². The molecular formula is C39H39N9O. The molecule has 6 aromatic rings. The van der Waals surface area contributed by atoms with Crippen LogP contribution in [0, 0.1) is 34.6 Å². The summed E-state index contributed by atoms with van der Waals surface area (Å²) >= 11 is 0. The molecule has 0 aliphatic rings. The summed E-state index contributed by atoms with van der Waals surface area (Å²) in [6.45, 7) is 12.7. The van der Waals surface area contributed by atoms with E-state index < -0.39 is 0 Å². The molecule has 0 bridgehead atoms. The molecule has 0 unspecified atom stereocenters. The summed E-state index contributed by atoms with van der Waals surface area (Å²) in [5.41, 5.74) is 8.28. The van der Waals surface area contributed by atoms with Crippen LogP contribution < -0.4 is 10.2 Å². The van der Waals surface area contributed by atoms with Crippen LogP contribution in [0.3, 0.4) is 0 Å². The van der Waals surface area contributed by atoms with Gasteiger partial charge in [0.2, 0.25) is 11.9 Å². The number of rotatable bonds is 10. The van der Waals surface area contributed by atoms with Crippen molar-refractivity contribution in [1.82, 2.24) is 15.0 Å². The minimum atomic E-state index is 0.0749. The zero-order valence-electron chi connectivity index (χ0n) is 28.6. The van der Waals surface area contributed by atoms with Crippen molar-refractivity contribution in [2.24, 2.45) is 20.5 Å². The van der Waals surface area contributed by atoms with E-state index in [-0.39, 0.29) is 5.75 Å². The summed E-state index contributed by atoms with van der Waals surface area (Å²) in [5, 5.41) is 34.0. The number of azo groups is 2. The number of nitrogens with one attached hydrogen (secondary N) is 1. The van der Waals surface area contributed by atoms with Crippen molar-refractivity contribution in [2.45, 2.75) is 48.0 Å². The first-order valence-corrected chi connectivity index (χ1v) is 16.3. The van der Waals surface area contributed by atoms with Crippen molar-refractivity contribution in [1.29, 1.82) is 0 Å². The number of benzene rings is 5. The summed E-state index contributed by atoms with van der Waals surface area (Å²) in [7, 11) is 0. The van der Waals surface area contributed by atoms with Crippen LogP contribution >= 0.6 is 0 Å². The standard InChI is InChI=1S/C39H39N9O/c1-7-21-48(31-11-9-8-10-12-31)39-41-28(6)40-38(43-39)42-35-20-18-32-33(27(35)5)23-26(4)36(37(32)49)47-46-34-19-17-30(22-25(34)3)45-44-29-15-13-24(2)14-16-29/h8-20,22-23,49H,7,21H2,1-6H3,(H,40,41,42,43). The Kier molecular flexibility index (Phi) is 9.66. The molecule has 6 rings (SSSR count). The lowest BCUT2D eigenvalue weighted by molar-refractivity contribution is 0.482. The number of para-hydroxylation sites is 1. The molecule has 0 atom stereocenters. The number of phenolic OH excluding ortho intramolecular Hbond substituents is 1. The summed E-state index contributed by atoms with van der Waals surface area (Å²) in [5.74, 6) is 1.72. The fraction of sp³-hybridized carbons (Fsp3) is 0.205. The van der Waals surface area contributed by atoms with E-state index in [1.807, 2.05) is 113 Å². The van der Waals surface area contributed by atoms with Crippen molar-refractivity contribution in [3.8, 4) is 5.75 Å². The fourth-order valence-corrected chi connectivity index (χ4v) is 5.57. The van der Waals surface area contributed by atoms with Gasteiger partial charge in [-0.1, -0.05) is 42.8 Å². The molecule has 0 spiro atoms. The molecule has 246 valence electrons. The Balaban J connectivity index is 1.25. The van der Waals surface area contributed by atoms with E-state index in [0.29, 0.717) is 34.5 Å². The Morgan fingerprint density at radius 2 is 1.43 bits per heavy atom. The number of hydrogen-bond donors (Lipinski definition) is 2. The SMILES string of the molecule is CCCN(c1ccccc1)c1nc(C)nc(Nc2ccc3c(O)c(N=Nc4ccc(N=Nc5ccc(C)cc5)cc4C)c(C)cc3c2C)n1. The van der Waals surface area contributed by atoms with Gasteiger partial charge in [0.15, 0.2) is 5.75 Å². The van der Waals surface area contributed by atoms with Crippen LogP contribution in [0.5, 0.6) is 5.75 Å². The van der Waals surface area contributed by atoms with Crippen molar-refractivity contribution in [3.05, 3.63) is 119 Å². The van der Waals surface area contributed by atoms with E-state index in [1.165, 1.54) is 5.56 Å². The molecule has 0 fully saturated rings. The van der Waals surface area contributed by atoms with E-state index in [4.69, 9.17) is 4.98 Å². The van der Waals surface area contributed by atoms with E-state index in [0.717, 1.165) is 57.8 Å². The lowest BCUT2D eigenvalue weighted by Crippen LogP contribution is -2.21. The molecule has 2 N–H and O–H groups in total. The van der Waals surface area contributed by atoms with E-state index >= 15 is 0 Å². The monoisotopic (exact) mass is 649 g/mol. The number of hydrogen-bond acceptors (Lipinski definition) is 10. The van der Waals surface area contributed by atoms with Crippen LogP contribution in [0.1, 0.15) is 41.4 Å². The third-order valence-corrected chi connectivity index (χ3v) is 8.22. The molecule has 10 nitrogen and oxygen atoms in total. The maximum atomic E-state index is 11.4. The third-order valence-electron chi connectivity index (χ3n) is 8.22. The lowest BCUT2D eigenvalue weighted by atomic mass is 9.99. The van der Waals surface area contributed by atoms with Crippen molar-refractivity contribution in [3.63, 3.8) is 0 Å². The molecule has 0 saturated heterocycles. The Morgan fingerprint density at radius 3 is 2.16 bits per heavy atom. The average Bonchev–Trinajstić information content (AvgIpc) is 3.09. The smallest absolute Gasteiger partial charge is 0.234 e. The summed E-state index contributed by atoms with van der Waals surface area (Å²) in [6, 6.07) is 29.4. The van der Waals surface area contributed by atoms with Gasteiger partial charge in [0.05, 0.1) is 17.1 Å². The number of phenols is 1. The molecule has 1 aromatic heterocycles. The highest BCUT2D eigenvalue weighted by Crippen LogP contribution is 2.42. The number of aromatic hydroxyl groups is 1. The van der Waals surface area contributed by atoms with Gasteiger partial charge in [-0.15, -0.1) is 5.11 Å². The first kappa shape index (κ1) is 32.9. The van der Waals surface area contributed by atoms with Crippen LogP contribution in [-0.2, 0) is 0 Å². The molecule has 1 heterocycles. The Hall–Kier alpha value is -6.03. The molecule has 10 heteroatoms. The summed E-state index contributed by atoms with van der Waals surface area (Å²) < 4.78 is 0. The minimum Gasteiger partial charge on any atom is -0.505 e. The van der Waals surface area contributed by atoms with Gasteiger partial charge >= 0.3 is 0 Å². The molecule has 0 radical (unpaired) electrons. The predicted molar refractivity (Wildman–Crippen MR) is 197 cm³/mol. The maximum Gasteiger partial charge on any atom is 0.234 e. The van der Waals surface area contributed by atoms with Gasteiger partial charge in [0, 0.05) is 23.3 Å². The van der Waals surface area contributed by atoms with E-state index in [9.17, 15) is 5.11 Å². The third kappa shape index (κ3) is 7.43. The van der Waals surface area contributed by atoms with Crippen LogP contribution in [0.4, 0.5) is 46.0 Å². The lowest BCUT2D eigenvalue weighted by Gasteiger charge is -2.23. The fourth-order valence-electron chi connectivity index (χ4n) is 5.57. The number of anilines is 4. The van der Waals surface area contributed by atoms with Gasteiger partial charge < -0.3 is 15.3 Å². The van der Waals surface area contributed by atoms with E-state index in [1.54, 1.807) is 0 Å². The normalized spacial score (nSPS) is 11.6. The van der Waals surface area contributed by atoms with Crippen molar-refractivity contribution >= 4 is 56.8 Å². The van der Waals surface area contributed by atoms with Crippen LogP contribution in [-0.4, -0.2) is 26.6 Å². The van der Waals surface area contributed by atoms with Gasteiger partial charge in [-0.3, -0.25) is 0 Å². The second-order valence-corrected chi connectivity index (χ2v) is 12.0. The van der Waals surface area contributed by atoms with Gasteiger partial charge in [-0.2, -0.15) is 30.3 Å². The van der Waals surface area contributed by atoms with Gasteiger partial charge in [-0.25, -0.2) is 0 Å². The van der Waals surface area contributed by atoms with Gasteiger partial charge in [0.1, 0.15) is 11.5 Å². The highest BCUT2D eigenvalue weighted by atomic mass is 16.3. The minimum absolute atomic E-state index is 0.0749. The predicted octanol–water partition coefficient (Wildman–Crippen LogP) is 11.4. The zero-order chi connectivity index (χ0) is 34.5. The number of aryl methyl sites for hydroxylation is 5. The number of fused-ring (bicyclic) bond motifs is 1. The molecule has 0 saturated carbocycles. The van der Waals surface area contributed by atoms with Gasteiger partial charge in [-0.05, 0) is 124 Å². The molecule has 0 aliphatic heterocycles. The topological polar surface area (TPSA) is 124 Å². The zero-order valence-corrected chi connectivity index (χ0v) is 28.6. The molecule has 0 amide bonds. The second-order valence-electron chi connectivity index (χ2n) is 12.0. The largest absolute Gasteiger partial charge is 0.505 e. The maximum absolute atomic E-state index is 11.4. The van der Waals surface area contributed by atoms with Crippen molar-refractivity contribution < 1.29 is 5.11 Å². The average molecular weight is 650 g/mol. The summed E-state index contributed by atoms with van der Waals surface area (Å²) in [4.78, 5) is 16.1. The first-order chi connectivity index (χ1) is 23.7. The molecular weight excluding hydrogens is 610 g/mol. The second kappa shape index (κ2) is 14.4. The molecule has 49 heavy (non-hydrogen) atoms. The number of nitrogens with zero attached hydrogens (tertiary/aromatic N) is 8. The van der Waals surface area contributed by atoms with Crippen molar-refractivity contribution in [2.75, 3.05) is 16.8 Å². The van der Waals surface area contributed by atoms with Gasteiger partial charge in [0.25, 0.3) is 0 Å². The number of aromatic nitrogens is 3. The Bertz CT molecular complexity index is 2180. The highest BCUT2D eigenvalue weighted by Gasteiger charge is 2.17. The van der Waals surface area contributed by atoms with E-state index in [2.05, 4.69) is 59.7 Å².